The lowest BCUT2D eigenvalue weighted by molar-refractivity contribution is -0.113. The predicted molar refractivity (Wildman–Crippen MR) is 131 cm³/mol. The van der Waals surface area contributed by atoms with Gasteiger partial charge in [0.25, 0.3) is 5.91 Å². The highest BCUT2D eigenvalue weighted by molar-refractivity contribution is 9.10. The number of carbonyl (C=O) groups is 2. The van der Waals surface area contributed by atoms with Crippen LogP contribution in [0.1, 0.15) is 18.1 Å². The Morgan fingerprint density at radius 1 is 1.06 bits per heavy atom. The number of benzene rings is 3. The van der Waals surface area contributed by atoms with E-state index in [-0.39, 0.29) is 18.1 Å². The van der Waals surface area contributed by atoms with Gasteiger partial charge in [-0.2, -0.15) is 0 Å². The van der Waals surface area contributed by atoms with Gasteiger partial charge in [-0.3, -0.25) is 4.79 Å². The molecule has 34 heavy (non-hydrogen) atoms. The third-order valence-corrected chi connectivity index (χ3v) is 5.81. The van der Waals surface area contributed by atoms with E-state index in [0.717, 1.165) is 4.90 Å². The van der Waals surface area contributed by atoms with Crippen LogP contribution in [0.3, 0.4) is 0 Å². The number of hydrogen-bond donors (Lipinski definition) is 1. The molecule has 1 aliphatic rings. The number of imide groups is 1. The molecule has 1 N–H and O–H groups in total. The SMILES string of the molecule is CCOc1cc(/C=C2/NC(=O)N(c3cccc(Cl)c3)C2=O)c(Br)cc1OCc1cccc(F)c1. The molecular weight excluding hydrogens is 527 g/mol. The average Bonchev–Trinajstić information content (AvgIpc) is 3.07. The van der Waals surface area contributed by atoms with Crippen LogP contribution in [0.5, 0.6) is 11.5 Å². The second-order valence-electron chi connectivity index (χ2n) is 7.28. The van der Waals surface area contributed by atoms with Gasteiger partial charge in [-0.25, -0.2) is 14.1 Å². The molecule has 0 atom stereocenters. The Morgan fingerprint density at radius 2 is 1.82 bits per heavy atom. The Labute approximate surface area is 209 Å². The van der Waals surface area contributed by atoms with Crippen molar-refractivity contribution < 1.29 is 23.5 Å². The lowest BCUT2D eigenvalue weighted by atomic mass is 10.1. The van der Waals surface area contributed by atoms with Gasteiger partial charge in [-0.1, -0.05) is 45.7 Å². The smallest absolute Gasteiger partial charge is 0.333 e. The Balaban J connectivity index is 1.61. The van der Waals surface area contributed by atoms with Crippen molar-refractivity contribution in [2.45, 2.75) is 13.5 Å². The summed E-state index contributed by atoms with van der Waals surface area (Å²) in [4.78, 5) is 26.4. The minimum absolute atomic E-state index is 0.0987. The Hall–Kier alpha value is -3.36. The van der Waals surface area contributed by atoms with Crippen LogP contribution in [0.2, 0.25) is 5.02 Å². The van der Waals surface area contributed by atoms with E-state index in [9.17, 15) is 14.0 Å². The quantitative estimate of drug-likeness (QED) is 0.279. The van der Waals surface area contributed by atoms with Crippen LogP contribution >= 0.6 is 27.5 Å². The summed E-state index contributed by atoms with van der Waals surface area (Å²) in [5.41, 5.74) is 1.73. The van der Waals surface area contributed by atoms with Crippen LogP contribution in [0.4, 0.5) is 14.9 Å². The molecule has 0 saturated carbocycles. The van der Waals surface area contributed by atoms with Crippen molar-refractivity contribution in [2.75, 3.05) is 11.5 Å². The van der Waals surface area contributed by atoms with Crippen LogP contribution in [0, 0.1) is 5.82 Å². The third kappa shape index (κ3) is 5.24. The molecule has 0 radical (unpaired) electrons. The molecular formula is C25H19BrClFN2O4. The van der Waals surface area contributed by atoms with Crippen molar-refractivity contribution in [3.8, 4) is 11.5 Å². The number of ether oxygens (including phenoxy) is 2. The van der Waals surface area contributed by atoms with Crippen molar-refractivity contribution in [1.29, 1.82) is 0 Å². The molecule has 9 heteroatoms. The Morgan fingerprint density at radius 3 is 2.56 bits per heavy atom. The van der Waals surface area contributed by atoms with E-state index in [1.807, 2.05) is 6.92 Å². The minimum Gasteiger partial charge on any atom is -0.490 e. The molecule has 6 nitrogen and oxygen atoms in total. The van der Waals surface area contributed by atoms with Crippen LogP contribution in [-0.4, -0.2) is 18.5 Å². The fraction of sp³-hybridized carbons (Fsp3) is 0.120. The number of urea groups is 1. The molecule has 1 saturated heterocycles. The van der Waals surface area contributed by atoms with E-state index < -0.39 is 11.9 Å². The zero-order valence-corrected chi connectivity index (χ0v) is 20.3. The largest absolute Gasteiger partial charge is 0.490 e. The molecule has 3 aromatic rings. The number of rotatable bonds is 7. The highest BCUT2D eigenvalue weighted by atomic mass is 79.9. The number of carbonyl (C=O) groups excluding carboxylic acids is 2. The molecule has 0 bridgehead atoms. The van der Waals surface area contributed by atoms with E-state index >= 15 is 0 Å². The minimum atomic E-state index is -0.574. The second-order valence-corrected chi connectivity index (χ2v) is 8.57. The van der Waals surface area contributed by atoms with Gasteiger partial charge in [0, 0.05) is 9.50 Å². The lowest BCUT2D eigenvalue weighted by Gasteiger charge is -2.14. The van der Waals surface area contributed by atoms with Gasteiger partial charge in [0.1, 0.15) is 18.1 Å². The van der Waals surface area contributed by atoms with Gasteiger partial charge in [0.05, 0.1) is 12.3 Å². The van der Waals surface area contributed by atoms with Crippen molar-refractivity contribution in [2.24, 2.45) is 0 Å². The first-order chi connectivity index (χ1) is 16.4. The van der Waals surface area contributed by atoms with Crippen molar-refractivity contribution >= 4 is 51.2 Å². The Kier molecular flexibility index (Phi) is 7.19. The summed E-state index contributed by atoms with van der Waals surface area (Å²) < 4.78 is 25.6. The summed E-state index contributed by atoms with van der Waals surface area (Å²) in [6.45, 7) is 2.36. The summed E-state index contributed by atoms with van der Waals surface area (Å²) in [5, 5.41) is 3.00. The fourth-order valence-corrected chi connectivity index (χ4v) is 3.99. The molecule has 1 heterocycles. The third-order valence-electron chi connectivity index (χ3n) is 4.89. The summed E-state index contributed by atoms with van der Waals surface area (Å²) in [6, 6.07) is 15.4. The van der Waals surface area contributed by atoms with Gasteiger partial charge < -0.3 is 14.8 Å². The first-order valence-electron chi connectivity index (χ1n) is 10.3. The summed E-state index contributed by atoms with van der Waals surface area (Å²) >= 11 is 9.49. The molecule has 0 unspecified atom stereocenters. The fourth-order valence-electron chi connectivity index (χ4n) is 3.37. The zero-order chi connectivity index (χ0) is 24.2. The highest BCUT2D eigenvalue weighted by Gasteiger charge is 2.35. The van der Waals surface area contributed by atoms with Crippen LogP contribution in [-0.2, 0) is 11.4 Å². The van der Waals surface area contributed by atoms with Crippen molar-refractivity contribution in [1.82, 2.24) is 5.32 Å². The Bertz CT molecular complexity index is 1300. The first kappa shape index (κ1) is 23.8. The number of nitrogens with zero attached hydrogens (tertiary/aromatic N) is 1. The molecule has 1 aliphatic heterocycles. The number of halogens is 3. The number of hydrogen-bond acceptors (Lipinski definition) is 4. The van der Waals surface area contributed by atoms with Gasteiger partial charge in [-0.05, 0) is 66.6 Å². The normalized spacial score (nSPS) is 14.5. The summed E-state index contributed by atoms with van der Waals surface area (Å²) in [5.74, 6) is 0.0350. The zero-order valence-electron chi connectivity index (χ0n) is 18.0. The first-order valence-corrected chi connectivity index (χ1v) is 11.5. The van der Waals surface area contributed by atoms with Crippen LogP contribution in [0.15, 0.2) is 70.8 Å². The molecule has 0 aromatic heterocycles. The maximum atomic E-state index is 13.5. The average molecular weight is 546 g/mol. The van der Waals surface area contributed by atoms with Crippen LogP contribution < -0.4 is 19.7 Å². The van der Waals surface area contributed by atoms with Gasteiger partial charge in [-0.15, -0.1) is 0 Å². The molecule has 174 valence electrons. The van der Waals surface area contributed by atoms with Crippen molar-refractivity contribution in [3.05, 3.63) is 92.8 Å². The number of nitrogens with one attached hydrogen (secondary N) is 1. The molecule has 3 amide bonds. The molecule has 0 aliphatic carbocycles. The van der Waals surface area contributed by atoms with Gasteiger partial charge >= 0.3 is 6.03 Å². The van der Waals surface area contributed by atoms with Crippen LogP contribution in [0.25, 0.3) is 6.08 Å². The van der Waals surface area contributed by atoms with E-state index in [1.165, 1.54) is 18.2 Å². The summed E-state index contributed by atoms with van der Waals surface area (Å²) in [7, 11) is 0. The van der Waals surface area contributed by atoms with Gasteiger partial charge in [0.2, 0.25) is 0 Å². The van der Waals surface area contributed by atoms with E-state index in [1.54, 1.807) is 48.5 Å². The predicted octanol–water partition coefficient (Wildman–Crippen LogP) is 6.32. The topological polar surface area (TPSA) is 67.9 Å². The monoisotopic (exact) mass is 544 g/mol. The van der Waals surface area contributed by atoms with E-state index in [0.29, 0.717) is 44.4 Å². The maximum absolute atomic E-state index is 13.5. The number of anilines is 1. The molecule has 4 rings (SSSR count). The standard InChI is InChI=1S/C25H19BrClFN2O4/c1-2-33-22-11-16(20(26)13-23(22)34-14-15-5-3-7-18(28)9-15)10-21-24(31)30(25(32)29-21)19-8-4-6-17(27)12-19/h3-13H,2,14H2,1H3,(H,29,32)/b21-10+. The second kappa shape index (κ2) is 10.3. The molecule has 3 aromatic carbocycles. The van der Waals surface area contributed by atoms with E-state index in [4.69, 9.17) is 21.1 Å². The lowest BCUT2D eigenvalue weighted by Crippen LogP contribution is -2.30. The maximum Gasteiger partial charge on any atom is 0.333 e. The highest BCUT2D eigenvalue weighted by Crippen LogP contribution is 2.36. The van der Waals surface area contributed by atoms with Gasteiger partial charge in [0.15, 0.2) is 11.5 Å². The molecule has 1 fully saturated rings. The van der Waals surface area contributed by atoms with Crippen molar-refractivity contribution in [3.63, 3.8) is 0 Å². The molecule has 0 spiro atoms. The summed E-state index contributed by atoms with van der Waals surface area (Å²) in [6.07, 6.45) is 1.55. The number of amides is 3. The van der Waals surface area contributed by atoms with E-state index in [2.05, 4.69) is 21.2 Å².